The van der Waals surface area contributed by atoms with Crippen LogP contribution in [0.5, 0.6) is 5.75 Å². The van der Waals surface area contributed by atoms with Crippen molar-refractivity contribution in [1.82, 2.24) is 0 Å². The van der Waals surface area contributed by atoms with Gasteiger partial charge in [0.15, 0.2) is 11.3 Å². The van der Waals surface area contributed by atoms with Crippen LogP contribution in [0, 0.1) is 0 Å². The molecule has 5 nitrogen and oxygen atoms in total. The highest BCUT2D eigenvalue weighted by atomic mass is 16.5. The van der Waals surface area contributed by atoms with Crippen molar-refractivity contribution < 1.29 is 18.7 Å². The van der Waals surface area contributed by atoms with E-state index in [4.69, 9.17) is 14.9 Å². The summed E-state index contributed by atoms with van der Waals surface area (Å²) >= 11 is 0. The maximum absolute atomic E-state index is 11.4. The molecule has 2 rings (SSSR count). The molecule has 2 N–H and O–H groups in total. The van der Waals surface area contributed by atoms with Gasteiger partial charge in [0, 0.05) is 5.39 Å². The fourth-order valence-corrected chi connectivity index (χ4v) is 1.94. The molecule has 0 saturated heterocycles. The fourth-order valence-electron chi connectivity index (χ4n) is 1.94. The Bertz CT molecular complexity index is 601. The van der Waals surface area contributed by atoms with Gasteiger partial charge in [-0.05, 0) is 19.1 Å². The summed E-state index contributed by atoms with van der Waals surface area (Å²) in [6.07, 6.45) is 0.0473. The van der Waals surface area contributed by atoms with Crippen molar-refractivity contribution in [3.05, 3.63) is 30.0 Å². The number of benzene rings is 1. The van der Waals surface area contributed by atoms with Gasteiger partial charge in [-0.1, -0.05) is 12.1 Å². The number of rotatable bonds is 4. The summed E-state index contributed by atoms with van der Waals surface area (Å²) in [5.74, 6) is 0.785. The Labute approximate surface area is 111 Å². The summed E-state index contributed by atoms with van der Waals surface area (Å²) in [4.78, 5) is 11.4. The van der Waals surface area contributed by atoms with Crippen LogP contribution in [0.25, 0.3) is 11.0 Å². The van der Waals surface area contributed by atoms with E-state index < -0.39 is 5.54 Å². The van der Waals surface area contributed by atoms with Crippen LogP contribution in [0.15, 0.2) is 28.7 Å². The molecule has 0 fully saturated rings. The largest absolute Gasteiger partial charge is 0.493 e. The highest BCUT2D eigenvalue weighted by Crippen LogP contribution is 2.33. The quantitative estimate of drug-likeness (QED) is 0.856. The average molecular weight is 263 g/mol. The van der Waals surface area contributed by atoms with Crippen LogP contribution in [-0.4, -0.2) is 20.2 Å². The van der Waals surface area contributed by atoms with E-state index in [0.29, 0.717) is 17.1 Å². The molecule has 1 aromatic heterocycles. The summed E-state index contributed by atoms with van der Waals surface area (Å²) in [5.41, 5.74) is 5.84. The van der Waals surface area contributed by atoms with Gasteiger partial charge in [0.25, 0.3) is 0 Å². The number of methoxy groups -OCH3 is 2. The minimum absolute atomic E-state index is 0.0473. The van der Waals surface area contributed by atoms with Gasteiger partial charge in [-0.3, -0.25) is 4.79 Å². The summed E-state index contributed by atoms with van der Waals surface area (Å²) in [6.45, 7) is 1.73. The normalized spacial score (nSPS) is 14.1. The number of hydrogen-bond donors (Lipinski definition) is 1. The van der Waals surface area contributed by atoms with Crippen LogP contribution < -0.4 is 10.5 Å². The standard InChI is InChI=1S/C14H17NO4/c1-14(15,8-12(16)18-3)11-7-9-5-4-6-10(17-2)13(9)19-11/h4-7H,8,15H2,1-3H3. The first-order valence-corrected chi connectivity index (χ1v) is 5.90. The second kappa shape index (κ2) is 4.93. The number of carbonyl (C=O) groups excluding carboxylic acids is 1. The molecular weight excluding hydrogens is 246 g/mol. The van der Waals surface area contributed by atoms with Gasteiger partial charge in [0.1, 0.15) is 5.76 Å². The molecule has 102 valence electrons. The minimum Gasteiger partial charge on any atom is -0.493 e. The van der Waals surface area contributed by atoms with E-state index in [2.05, 4.69) is 4.74 Å². The predicted molar refractivity (Wildman–Crippen MR) is 70.9 cm³/mol. The topological polar surface area (TPSA) is 74.7 Å². The minimum atomic E-state index is -0.920. The number of carbonyl (C=O) groups is 1. The van der Waals surface area contributed by atoms with E-state index in [-0.39, 0.29) is 12.4 Å². The van der Waals surface area contributed by atoms with Crippen LogP contribution in [0.1, 0.15) is 19.1 Å². The Morgan fingerprint density at radius 3 is 2.79 bits per heavy atom. The van der Waals surface area contributed by atoms with Crippen LogP contribution in [0.2, 0.25) is 0 Å². The number of ether oxygens (including phenoxy) is 2. The summed E-state index contributed by atoms with van der Waals surface area (Å²) in [5, 5.41) is 0.885. The van der Waals surface area contributed by atoms with Crippen molar-refractivity contribution in [3.63, 3.8) is 0 Å². The van der Waals surface area contributed by atoms with E-state index in [9.17, 15) is 4.79 Å². The van der Waals surface area contributed by atoms with Crippen molar-refractivity contribution in [2.75, 3.05) is 14.2 Å². The first kappa shape index (κ1) is 13.4. The number of esters is 1. The maximum Gasteiger partial charge on any atom is 0.307 e. The van der Waals surface area contributed by atoms with Gasteiger partial charge in [-0.25, -0.2) is 0 Å². The molecule has 5 heteroatoms. The summed E-state index contributed by atoms with van der Waals surface area (Å²) < 4.78 is 15.6. The predicted octanol–water partition coefficient (Wildman–Crippen LogP) is 2.18. The van der Waals surface area contributed by atoms with Crippen molar-refractivity contribution >= 4 is 16.9 Å². The molecule has 0 saturated carbocycles. The third-order valence-electron chi connectivity index (χ3n) is 3.03. The summed E-state index contributed by atoms with van der Waals surface area (Å²) in [6, 6.07) is 7.40. The smallest absolute Gasteiger partial charge is 0.307 e. The SMILES string of the molecule is COC(=O)CC(C)(N)c1cc2cccc(OC)c2o1. The van der Waals surface area contributed by atoms with E-state index in [1.807, 2.05) is 24.3 Å². The highest BCUT2D eigenvalue weighted by Gasteiger charge is 2.29. The molecule has 0 spiro atoms. The van der Waals surface area contributed by atoms with Gasteiger partial charge in [-0.15, -0.1) is 0 Å². The number of fused-ring (bicyclic) bond motifs is 1. The van der Waals surface area contributed by atoms with Crippen LogP contribution >= 0.6 is 0 Å². The average Bonchev–Trinajstić information content (AvgIpc) is 2.82. The van der Waals surface area contributed by atoms with Crippen LogP contribution in [0.3, 0.4) is 0 Å². The van der Waals surface area contributed by atoms with Gasteiger partial charge in [0.2, 0.25) is 0 Å². The maximum atomic E-state index is 11.4. The molecule has 1 unspecified atom stereocenters. The van der Waals surface area contributed by atoms with Gasteiger partial charge in [-0.2, -0.15) is 0 Å². The van der Waals surface area contributed by atoms with E-state index in [1.54, 1.807) is 14.0 Å². The van der Waals surface area contributed by atoms with Crippen molar-refractivity contribution in [3.8, 4) is 5.75 Å². The third-order valence-corrected chi connectivity index (χ3v) is 3.03. The van der Waals surface area contributed by atoms with Crippen molar-refractivity contribution in [2.24, 2.45) is 5.73 Å². The van der Waals surface area contributed by atoms with E-state index in [1.165, 1.54) is 7.11 Å². The third kappa shape index (κ3) is 2.56. The molecule has 1 heterocycles. The lowest BCUT2D eigenvalue weighted by atomic mass is 9.96. The van der Waals surface area contributed by atoms with E-state index >= 15 is 0 Å². The first-order chi connectivity index (χ1) is 8.97. The number of furan rings is 1. The Morgan fingerprint density at radius 2 is 2.16 bits per heavy atom. The number of para-hydroxylation sites is 1. The number of hydrogen-bond acceptors (Lipinski definition) is 5. The van der Waals surface area contributed by atoms with E-state index in [0.717, 1.165) is 5.39 Å². The number of nitrogens with two attached hydrogens (primary N) is 1. The summed E-state index contributed by atoms with van der Waals surface area (Å²) in [7, 11) is 2.91. The molecule has 1 atom stereocenters. The molecule has 0 amide bonds. The zero-order chi connectivity index (χ0) is 14.0. The molecule has 1 aromatic carbocycles. The fraction of sp³-hybridized carbons (Fsp3) is 0.357. The molecule has 0 aliphatic heterocycles. The molecule has 0 aliphatic rings. The molecule has 0 radical (unpaired) electrons. The van der Waals surface area contributed by atoms with Gasteiger partial charge < -0.3 is 19.6 Å². The van der Waals surface area contributed by atoms with Crippen LogP contribution in [0.4, 0.5) is 0 Å². The Hall–Kier alpha value is -2.01. The molecule has 19 heavy (non-hydrogen) atoms. The molecule has 0 bridgehead atoms. The molecule has 0 aliphatic carbocycles. The Morgan fingerprint density at radius 1 is 1.42 bits per heavy atom. The second-order valence-electron chi connectivity index (χ2n) is 4.66. The monoisotopic (exact) mass is 263 g/mol. The zero-order valence-corrected chi connectivity index (χ0v) is 11.2. The molecular formula is C14H17NO4. The zero-order valence-electron chi connectivity index (χ0n) is 11.2. The lowest BCUT2D eigenvalue weighted by Crippen LogP contribution is -2.35. The van der Waals surface area contributed by atoms with Crippen LogP contribution in [-0.2, 0) is 15.1 Å². The Balaban J connectivity index is 2.43. The first-order valence-electron chi connectivity index (χ1n) is 5.90. The van der Waals surface area contributed by atoms with Gasteiger partial charge >= 0.3 is 5.97 Å². The van der Waals surface area contributed by atoms with Crippen molar-refractivity contribution in [1.29, 1.82) is 0 Å². The van der Waals surface area contributed by atoms with Gasteiger partial charge in [0.05, 0.1) is 26.2 Å². The second-order valence-corrected chi connectivity index (χ2v) is 4.66. The van der Waals surface area contributed by atoms with Crippen molar-refractivity contribution in [2.45, 2.75) is 18.9 Å². The highest BCUT2D eigenvalue weighted by molar-refractivity contribution is 5.84. The lowest BCUT2D eigenvalue weighted by Gasteiger charge is -2.20. The molecule has 2 aromatic rings. The Kier molecular flexibility index (Phi) is 3.48. The lowest BCUT2D eigenvalue weighted by molar-refractivity contribution is -0.142.